The van der Waals surface area contributed by atoms with Crippen LogP contribution in [0.4, 0.5) is 5.69 Å². The lowest BCUT2D eigenvalue weighted by Crippen LogP contribution is -2.15. The molecule has 3 aromatic rings. The van der Waals surface area contributed by atoms with Gasteiger partial charge in [0.1, 0.15) is 11.3 Å². The van der Waals surface area contributed by atoms with Crippen LogP contribution in [0, 0.1) is 0 Å². The highest BCUT2D eigenvalue weighted by atomic mass is 16.5. The Bertz CT molecular complexity index is 1000. The minimum Gasteiger partial charge on any atom is -0.491 e. The summed E-state index contributed by atoms with van der Waals surface area (Å²) in [5.41, 5.74) is 0.510. The quantitative estimate of drug-likeness (QED) is 0.707. The summed E-state index contributed by atoms with van der Waals surface area (Å²) >= 11 is 0. The summed E-state index contributed by atoms with van der Waals surface area (Å²) in [6.45, 7) is 7.79. The van der Waals surface area contributed by atoms with E-state index < -0.39 is 11.5 Å². The molecule has 0 bridgehead atoms. The third-order valence-electron chi connectivity index (χ3n) is 3.72. The monoisotopic (exact) mass is 355 g/mol. The molecule has 0 saturated heterocycles. The van der Waals surface area contributed by atoms with Gasteiger partial charge in [0.2, 0.25) is 0 Å². The third kappa shape index (κ3) is 3.77. The van der Waals surface area contributed by atoms with Crippen molar-refractivity contribution in [3.05, 3.63) is 52.6 Å². The van der Waals surface area contributed by atoms with Crippen LogP contribution < -0.4 is 15.7 Å². The van der Waals surface area contributed by atoms with Crippen molar-refractivity contribution in [1.82, 2.24) is 9.78 Å². The second kappa shape index (κ2) is 7.03. The first-order valence-electron chi connectivity index (χ1n) is 8.43. The van der Waals surface area contributed by atoms with E-state index in [-0.39, 0.29) is 17.7 Å². The van der Waals surface area contributed by atoms with Crippen molar-refractivity contribution in [3.63, 3.8) is 0 Å². The number of benzene rings is 1. The van der Waals surface area contributed by atoms with Gasteiger partial charge in [-0.25, -0.2) is 4.79 Å². The van der Waals surface area contributed by atoms with Crippen molar-refractivity contribution in [2.75, 3.05) is 5.32 Å². The van der Waals surface area contributed by atoms with E-state index in [0.29, 0.717) is 22.4 Å². The molecule has 1 N–H and O–H groups in total. The molecule has 0 spiro atoms. The molecule has 136 valence electrons. The molecule has 7 heteroatoms. The molecule has 0 aliphatic rings. The van der Waals surface area contributed by atoms with Crippen LogP contribution in [0.25, 0.3) is 11.0 Å². The smallest absolute Gasteiger partial charge is 0.337 e. The Balaban J connectivity index is 1.95. The average Bonchev–Trinajstić information content (AvgIpc) is 3.01. The van der Waals surface area contributed by atoms with Gasteiger partial charge in [0.05, 0.1) is 23.6 Å². The standard InChI is InChI=1S/C19H21N3O4/c1-11(2)22-10-13(9-20-22)21-19(24)16-8-18(23)26-17-7-14(25-12(3)4)5-6-15(16)17/h5-12H,1-4H3,(H,21,24). The van der Waals surface area contributed by atoms with Gasteiger partial charge in [0.15, 0.2) is 0 Å². The van der Waals surface area contributed by atoms with Gasteiger partial charge in [-0.15, -0.1) is 0 Å². The molecule has 2 aromatic heterocycles. The van der Waals surface area contributed by atoms with E-state index in [1.54, 1.807) is 35.3 Å². The van der Waals surface area contributed by atoms with Crippen LogP contribution in [0.15, 0.2) is 45.9 Å². The molecule has 0 aliphatic carbocycles. The molecule has 0 atom stereocenters. The summed E-state index contributed by atoms with van der Waals surface area (Å²) < 4.78 is 12.6. The Morgan fingerprint density at radius 1 is 1.23 bits per heavy atom. The summed E-state index contributed by atoms with van der Waals surface area (Å²) in [6.07, 6.45) is 3.30. The number of rotatable bonds is 5. The predicted octanol–water partition coefficient (Wildman–Crippen LogP) is 3.61. The molecule has 0 unspecified atom stereocenters. The highest BCUT2D eigenvalue weighted by Gasteiger charge is 2.15. The van der Waals surface area contributed by atoms with Crippen molar-refractivity contribution in [1.29, 1.82) is 0 Å². The van der Waals surface area contributed by atoms with Gasteiger partial charge < -0.3 is 14.5 Å². The number of carbonyl (C=O) groups excluding carboxylic acids is 1. The van der Waals surface area contributed by atoms with E-state index >= 15 is 0 Å². The van der Waals surface area contributed by atoms with Crippen LogP contribution in [-0.4, -0.2) is 21.8 Å². The maximum Gasteiger partial charge on any atom is 0.337 e. The first kappa shape index (κ1) is 17.7. The fraction of sp³-hybridized carbons (Fsp3) is 0.316. The Morgan fingerprint density at radius 2 is 2.00 bits per heavy atom. The van der Waals surface area contributed by atoms with Crippen molar-refractivity contribution in [3.8, 4) is 5.75 Å². The van der Waals surface area contributed by atoms with Crippen LogP contribution >= 0.6 is 0 Å². The summed E-state index contributed by atoms with van der Waals surface area (Å²) in [4.78, 5) is 24.5. The van der Waals surface area contributed by atoms with Gasteiger partial charge in [-0.05, 0) is 39.8 Å². The summed E-state index contributed by atoms with van der Waals surface area (Å²) in [6, 6.07) is 6.44. The number of nitrogens with zero attached hydrogens (tertiary/aromatic N) is 2. The molecule has 0 radical (unpaired) electrons. The molecule has 1 aromatic carbocycles. The molecule has 3 rings (SSSR count). The van der Waals surface area contributed by atoms with Crippen molar-refractivity contribution < 1.29 is 13.9 Å². The molecule has 0 aliphatic heterocycles. The Hall–Kier alpha value is -3.09. The van der Waals surface area contributed by atoms with Gasteiger partial charge in [-0.1, -0.05) is 0 Å². The van der Waals surface area contributed by atoms with Crippen LogP contribution in [0.5, 0.6) is 5.75 Å². The second-order valence-corrected chi connectivity index (χ2v) is 6.56. The predicted molar refractivity (Wildman–Crippen MR) is 98.8 cm³/mol. The van der Waals surface area contributed by atoms with E-state index in [1.165, 1.54) is 6.07 Å². The second-order valence-electron chi connectivity index (χ2n) is 6.56. The third-order valence-corrected chi connectivity index (χ3v) is 3.72. The highest BCUT2D eigenvalue weighted by Crippen LogP contribution is 2.24. The number of nitrogens with one attached hydrogen (secondary N) is 1. The van der Waals surface area contributed by atoms with Crippen LogP contribution in [0.3, 0.4) is 0 Å². The number of fused-ring (bicyclic) bond motifs is 1. The van der Waals surface area contributed by atoms with Crippen LogP contribution in [0.1, 0.15) is 44.1 Å². The number of amides is 1. The van der Waals surface area contributed by atoms with Crippen molar-refractivity contribution >= 4 is 22.6 Å². The SMILES string of the molecule is CC(C)Oc1ccc2c(C(=O)Nc3cnn(C(C)C)c3)cc(=O)oc2c1. The fourth-order valence-corrected chi connectivity index (χ4v) is 2.56. The Kier molecular flexibility index (Phi) is 4.79. The number of ether oxygens (including phenoxy) is 1. The first-order valence-corrected chi connectivity index (χ1v) is 8.43. The molecule has 26 heavy (non-hydrogen) atoms. The normalized spacial score (nSPS) is 11.3. The van der Waals surface area contributed by atoms with Crippen molar-refractivity contribution in [2.45, 2.75) is 39.8 Å². The summed E-state index contributed by atoms with van der Waals surface area (Å²) in [7, 11) is 0. The minimum atomic E-state index is -0.595. The number of carbonyl (C=O) groups is 1. The average molecular weight is 355 g/mol. The van der Waals surface area contributed by atoms with E-state index in [1.807, 2.05) is 27.7 Å². The molecular weight excluding hydrogens is 334 g/mol. The number of aromatic nitrogens is 2. The molecule has 2 heterocycles. The fourth-order valence-electron chi connectivity index (χ4n) is 2.56. The largest absolute Gasteiger partial charge is 0.491 e. The minimum absolute atomic E-state index is 0.0110. The molecular formula is C19H21N3O4. The maximum atomic E-state index is 12.7. The lowest BCUT2D eigenvalue weighted by Gasteiger charge is -2.11. The molecule has 0 saturated carbocycles. The van der Waals surface area contributed by atoms with Crippen LogP contribution in [-0.2, 0) is 0 Å². The van der Waals surface area contributed by atoms with Crippen LogP contribution in [0.2, 0.25) is 0 Å². The zero-order valence-corrected chi connectivity index (χ0v) is 15.1. The van der Waals surface area contributed by atoms with Crippen molar-refractivity contribution in [2.24, 2.45) is 0 Å². The zero-order chi connectivity index (χ0) is 18.8. The topological polar surface area (TPSA) is 86.4 Å². The lowest BCUT2D eigenvalue weighted by molar-refractivity contribution is 0.102. The van der Waals surface area contributed by atoms with Gasteiger partial charge in [0, 0.05) is 29.8 Å². The Labute approximate surface area is 150 Å². The highest BCUT2D eigenvalue weighted by molar-refractivity contribution is 6.11. The van der Waals surface area contributed by atoms with E-state index in [0.717, 1.165) is 0 Å². The first-order chi connectivity index (χ1) is 12.3. The van der Waals surface area contributed by atoms with E-state index in [9.17, 15) is 9.59 Å². The molecule has 0 fully saturated rings. The van der Waals surface area contributed by atoms with Gasteiger partial charge in [-0.3, -0.25) is 9.48 Å². The van der Waals surface area contributed by atoms with Gasteiger partial charge >= 0.3 is 5.63 Å². The summed E-state index contributed by atoms with van der Waals surface area (Å²) in [5, 5.41) is 7.49. The Morgan fingerprint density at radius 3 is 2.65 bits per heavy atom. The number of hydrogen-bond donors (Lipinski definition) is 1. The van der Waals surface area contributed by atoms with Gasteiger partial charge in [0.25, 0.3) is 5.91 Å². The summed E-state index contributed by atoms with van der Waals surface area (Å²) in [5.74, 6) is 0.176. The number of hydrogen-bond acceptors (Lipinski definition) is 5. The maximum absolute atomic E-state index is 12.7. The molecule has 1 amide bonds. The molecule has 7 nitrogen and oxygen atoms in total. The zero-order valence-electron chi connectivity index (χ0n) is 15.1. The van der Waals surface area contributed by atoms with E-state index in [4.69, 9.17) is 9.15 Å². The number of anilines is 1. The van der Waals surface area contributed by atoms with E-state index in [2.05, 4.69) is 10.4 Å². The van der Waals surface area contributed by atoms with Gasteiger partial charge in [-0.2, -0.15) is 5.10 Å². The lowest BCUT2D eigenvalue weighted by atomic mass is 10.1.